The van der Waals surface area contributed by atoms with Gasteiger partial charge in [-0.1, -0.05) is 24.3 Å². The van der Waals surface area contributed by atoms with Crippen molar-refractivity contribution >= 4 is 22.6 Å². The number of nitrogens with zero attached hydrogens (tertiary/aromatic N) is 3. The Bertz CT molecular complexity index is 696. The third kappa shape index (κ3) is 2.19. The Labute approximate surface area is 126 Å². The van der Waals surface area contributed by atoms with Crippen LogP contribution < -0.4 is 4.90 Å². The first-order valence-electron chi connectivity index (χ1n) is 7.15. The molecule has 0 spiro atoms. The topological polar surface area (TPSA) is 66.3 Å². The summed E-state index contributed by atoms with van der Waals surface area (Å²) in [6.45, 7) is 0.674. The van der Waals surface area contributed by atoms with Gasteiger partial charge in [0.1, 0.15) is 5.82 Å². The van der Waals surface area contributed by atoms with Crippen LogP contribution >= 0.6 is 11.5 Å². The number of hydrogen-bond acceptors (Lipinski definition) is 5. The molecule has 0 bridgehead atoms. The fourth-order valence-electron chi connectivity index (χ4n) is 2.89. The predicted octanol–water partition coefficient (Wildman–Crippen LogP) is 2.60. The van der Waals surface area contributed by atoms with Crippen molar-refractivity contribution in [2.75, 3.05) is 11.4 Å². The van der Waals surface area contributed by atoms with E-state index in [1.54, 1.807) is 0 Å². The highest BCUT2D eigenvalue weighted by molar-refractivity contribution is 7.09. The van der Waals surface area contributed by atoms with Crippen molar-refractivity contribution in [1.82, 2.24) is 9.36 Å². The van der Waals surface area contributed by atoms with Gasteiger partial charge in [-0.2, -0.15) is 4.37 Å². The van der Waals surface area contributed by atoms with E-state index in [2.05, 4.69) is 9.36 Å². The Kier molecular flexibility index (Phi) is 2.92. The van der Waals surface area contributed by atoms with Gasteiger partial charge in [0, 0.05) is 24.0 Å². The Morgan fingerprint density at radius 3 is 2.90 bits per heavy atom. The van der Waals surface area contributed by atoms with Crippen LogP contribution in [0.1, 0.15) is 41.8 Å². The van der Waals surface area contributed by atoms with Gasteiger partial charge in [0.2, 0.25) is 5.13 Å². The molecule has 4 rings (SSSR count). The predicted molar refractivity (Wildman–Crippen MR) is 79.8 cm³/mol. The monoisotopic (exact) mass is 301 g/mol. The molecule has 1 saturated carbocycles. The van der Waals surface area contributed by atoms with E-state index in [0.717, 1.165) is 41.3 Å². The zero-order valence-electron chi connectivity index (χ0n) is 11.4. The molecule has 0 radical (unpaired) electrons. The fraction of sp³-hybridized carbons (Fsp3) is 0.400. The minimum Gasteiger partial charge on any atom is -0.479 e. The lowest BCUT2D eigenvalue weighted by Crippen LogP contribution is -2.39. The number of aromatic nitrogens is 2. The molecule has 0 saturated heterocycles. The summed E-state index contributed by atoms with van der Waals surface area (Å²) in [5, 5.41) is 10.4. The Morgan fingerprint density at radius 2 is 2.14 bits per heavy atom. The molecule has 0 amide bonds. The zero-order chi connectivity index (χ0) is 14.4. The highest BCUT2D eigenvalue weighted by atomic mass is 32.1. The summed E-state index contributed by atoms with van der Waals surface area (Å²) in [7, 11) is 0. The van der Waals surface area contributed by atoms with Crippen LogP contribution in [-0.4, -0.2) is 27.0 Å². The maximum absolute atomic E-state index is 11.8. The summed E-state index contributed by atoms with van der Waals surface area (Å²) in [5.74, 6) is 0.554. The van der Waals surface area contributed by atoms with Crippen molar-refractivity contribution in [3.63, 3.8) is 0 Å². The van der Waals surface area contributed by atoms with Crippen LogP contribution in [0.4, 0.5) is 5.13 Å². The first-order valence-corrected chi connectivity index (χ1v) is 7.92. The van der Waals surface area contributed by atoms with Crippen molar-refractivity contribution in [1.29, 1.82) is 0 Å². The number of carboxylic acid groups (broad SMARTS) is 1. The molecule has 2 heterocycles. The second-order valence-corrected chi connectivity index (χ2v) is 6.32. The maximum atomic E-state index is 11.8. The summed E-state index contributed by atoms with van der Waals surface area (Å²) >= 11 is 1.32. The third-order valence-corrected chi connectivity index (χ3v) is 4.90. The summed E-state index contributed by atoms with van der Waals surface area (Å²) < 4.78 is 4.40. The lowest BCUT2D eigenvalue weighted by atomic mass is 9.93. The number of rotatable bonds is 3. The Morgan fingerprint density at radius 1 is 1.33 bits per heavy atom. The first-order chi connectivity index (χ1) is 10.2. The van der Waals surface area contributed by atoms with E-state index in [1.807, 2.05) is 29.2 Å². The van der Waals surface area contributed by atoms with Crippen molar-refractivity contribution in [3.8, 4) is 0 Å². The average molecular weight is 301 g/mol. The molecule has 1 aliphatic carbocycles. The molecule has 21 heavy (non-hydrogen) atoms. The number of carboxylic acids is 1. The second kappa shape index (κ2) is 4.80. The summed E-state index contributed by atoms with van der Waals surface area (Å²) in [4.78, 5) is 18.2. The smallest absolute Gasteiger partial charge is 0.331 e. The van der Waals surface area contributed by atoms with E-state index in [4.69, 9.17) is 0 Å². The van der Waals surface area contributed by atoms with Crippen LogP contribution in [0.15, 0.2) is 24.3 Å². The van der Waals surface area contributed by atoms with Crippen LogP contribution in [0.3, 0.4) is 0 Å². The Balaban J connectivity index is 1.72. The van der Waals surface area contributed by atoms with E-state index in [-0.39, 0.29) is 0 Å². The number of benzene rings is 1. The average Bonchev–Trinajstić information content (AvgIpc) is 3.23. The lowest BCUT2D eigenvalue weighted by Gasteiger charge is -2.34. The molecule has 1 fully saturated rings. The largest absolute Gasteiger partial charge is 0.479 e. The number of hydrogen-bond donors (Lipinski definition) is 1. The standard InChI is InChI=1S/C15H15N3O2S/c19-14(20)12-11-4-2-1-3-9(11)7-8-18(12)15-16-13(17-21-15)10-5-6-10/h1-4,10,12H,5-8H2,(H,19,20). The van der Waals surface area contributed by atoms with Gasteiger partial charge in [0.15, 0.2) is 6.04 Å². The number of aliphatic carboxylic acids is 1. The molecular formula is C15H15N3O2S. The van der Waals surface area contributed by atoms with Crippen molar-refractivity contribution < 1.29 is 9.90 Å². The first kappa shape index (κ1) is 12.8. The van der Waals surface area contributed by atoms with Gasteiger partial charge in [0.25, 0.3) is 0 Å². The fourth-order valence-corrected chi connectivity index (χ4v) is 3.69. The number of fused-ring (bicyclic) bond motifs is 1. The molecule has 2 aromatic rings. The van der Waals surface area contributed by atoms with E-state index >= 15 is 0 Å². The van der Waals surface area contributed by atoms with Crippen molar-refractivity contribution in [2.45, 2.75) is 31.2 Å². The maximum Gasteiger partial charge on any atom is 0.331 e. The van der Waals surface area contributed by atoms with Crippen LogP contribution in [0.2, 0.25) is 0 Å². The molecular weight excluding hydrogens is 286 g/mol. The second-order valence-electron chi connectivity index (χ2n) is 5.59. The number of anilines is 1. The van der Waals surface area contributed by atoms with Gasteiger partial charge in [-0.3, -0.25) is 0 Å². The normalized spacial score (nSPS) is 21.1. The summed E-state index contributed by atoms with van der Waals surface area (Å²) in [5.41, 5.74) is 1.99. The molecule has 108 valence electrons. The van der Waals surface area contributed by atoms with E-state index < -0.39 is 12.0 Å². The summed E-state index contributed by atoms with van der Waals surface area (Å²) in [6, 6.07) is 7.12. The molecule has 1 aromatic carbocycles. The lowest BCUT2D eigenvalue weighted by molar-refractivity contribution is -0.138. The Hall–Kier alpha value is -1.95. The SMILES string of the molecule is O=C(O)C1c2ccccc2CCN1c1nc(C2CC2)ns1. The van der Waals surface area contributed by atoms with Gasteiger partial charge < -0.3 is 10.0 Å². The molecule has 6 heteroatoms. The summed E-state index contributed by atoms with van der Waals surface area (Å²) in [6.07, 6.45) is 3.15. The molecule has 1 N–H and O–H groups in total. The minimum atomic E-state index is -0.828. The van der Waals surface area contributed by atoms with Crippen molar-refractivity contribution in [2.24, 2.45) is 0 Å². The third-order valence-electron chi connectivity index (χ3n) is 4.14. The van der Waals surface area contributed by atoms with Gasteiger partial charge in [-0.05, 0) is 30.4 Å². The molecule has 1 atom stereocenters. The van der Waals surface area contributed by atoms with Crippen LogP contribution in [0.5, 0.6) is 0 Å². The number of carbonyl (C=O) groups is 1. The highest BCUT2D eigenvalue weighted by Gasteiger charge is 2.36. The van der Waals surface area contributed by atoms with Gasteiger partial charge >= 0.3 is 5.97 Å². The highest BCUT2D eigenvalue weighted by Crippen LogP contribution is 2.41. The van der Waals surface area contributed by atoms with Gasteiger partial charge in [0.05, 0.1) is 0 Å². The molecule has 2 aliphatic rings. The van der Waals surface area contributed by atoms with Gasteiger partial charge in [-0.15, -0.1) is 0 Å². The van der Waals surface area contributed by atoms with Crippen molar-refractivity contribution in [3.05, 3.63) is 41.2 Å². The van der Waals surface area contributed by atoms with E-state index in [9.17, 15) is 9.90 Å². The molecule has 1 aromatic heterocycles. The van der Waals surface area contributed by atoms with Crippen LogP contribution in [0.25, 0.3) is 0 Å². The quantitative estimate of drug-likeness (QED) is 0.944. The zero-order valence-corrected chi connectivity index (χ0v) is 12.2. The van der Waals surface area contributed by atoms with Crippen LogP contribution in [0, 0.1) is 0 Å². The molecule has 1 aliphatic heterocycles. The minimum absolute atomic E-state index is 0.496. The van der Waals surface area contributed by atoms with Gasteiger partial charge in [-0.25, -0.2) is 9.78 Å². The molecule has 5 nitrogen and oxygen atoms in total. The van der Waals surface area contributed by atoms with Crippen LogP contribution in [-0.2, 0) is 11.2 Å². The van der Waals surface area contributed by atoms with E-state index in [0.29, 0.717) is 12.5 Å². The molecule has 1 unspecified atom stereocenters. The van der Waals surface area contributed by atoms with E-state index in [1.165, 1.54) is 11.5 Å².